The summed E-state index contributed by atoms with van der Waals surface area (Å²) in [6.07, 6.45) is 3.98. The number of unbranched alkanes of at least 4 members (excludes halogenated alkanes) is 2. The lowest BCUT2D eigenvalue weighted by Gasteiger charge is -2.06. The van der Waals surface area contributed by atoms with Gasteiger partial charge in [-0.25, -0.2) is 4.98 Å². The average molecular weight is 269 g/mol. The number of nitrogens with zero attached hydrogens (tertiary/aromatic N) is 1. The Morgan fingerprint density at radius 3 is 2.72 bits per heavy atom. The van der Waals surface area contributed by atoms with Crippen LogP contribution in [0.3, 0.4) is 0 Å². The van der Waals surface area contributed by atoms with Gasteiger partial charge in [-0.05, 0) is 19.8 Å². The molecule has 0 aliphatic rings. The molecule has 0 fully saturated rings. The first-order valence-electron chi connectivity index (χ1n) is 6.05. The molecule has 1 rings (SSSR count). The summed E-state index contributed by atoms with van der Waals surface area (Å²) in [5.74, 6) is -0.301. The standard InChI is InChI=1S/C12H19N3O2S/c1-3-4-5-6-9-8(2)14-12(15-11(9)17)18-7-10(13)16/h3-7H2,1-2H3,(H2,13,16)(H,14,15,17). The first kappa shape index (κ1) is 14.8. The van der Waals surface area contributed by atoms with Gasteiger partial charge >= 0.3 is 0 Å². The molecule has 0 atom stereocenters. The summed E-state index contributed by atoms with van der Waals surface area (Å²) in [6.45, 7) is 3.95. The molecule has 0 saturated heterocycles. The number of carbonyl (C=O) groups excluding carboxylic acids is 1. The number of aromatic nitrogens is 2. The Kier molecular flexibility index (Phi) is 5.91. The van der Waals surface area contributed by atoms with Gasteiger partial charge in [0.1, 0.15) is 0 Å². The zero-order chi connectivity index (χ0) is 13.5. The van der Waals surface area contributed by atoms with Gasteiger partial charge in [0.2, 0.25) is 5.91 Å². The lowest BCUT2D eigenvalue weighted by molar-refractivity contribution is -0.115. The number of amides is 1. The van der Waals surface area contributed by atoms with Crippen LogP contribution in [-0.4, -0.2) is 21.6 Å². The van der Waals surface area contributed by atoms with Gasteiger partial charge in [0.15, 0.2) is 5.16 Å². The molecule has 0 unspecified atom stereocenters. The van der Waals surface area contributed by atoms with Crippen LogP contribution < -0.4 is 11.3 Å². The van der Waals surface area contributed by atoms with Gasteiger partial charge in [-0.1, -0.05) is 31.5 Å². The summed E-state index contributed by atoms with van der Waals surface area (Å²) in [4.78, 5) is 29.5. The summed E-state index contributed by atoms with van der Waals surface area (Å²) in [7, 11) is 0. The number of aromatic amines is 1. The molecule has 18 heavy (non-hydrogen) atoms. The highest BCUT2D eigenvalue weighted by molar-refractivity contribution is 7.99. The van der Waals surface area contributed by atoms with Crippen molar-refractivity contribution in [3.8, 4) is 0 Å². The highest BCUT2D eigenvalue weighted by atomic mass is 32.2. The summed E-state index contributed by atoms with van der Waals surface area (Å²) < 4.78 is 0. The normalized spacial score (nSPS) is 10.6. The molecular weight excluding hydrogens is 250 g/mol. The van der Waals surface area contributed by atoms with E-state index in [2.05, 4.69) is 16.9 Å². The highest BCUT2D eigenvalue weighted by Gasteiger charge is 2.08. The zero-order valence-corrected chi connectivity index (χ0v) is 11.6. The lowest BCUT2D eigenvalue weighted by Crippen LogP contribution is -2.19. The number of hydrogen-bond acceptors (Lipinski definition) is 4. The number of rotatable bonds is 7. The lowest BCUT2D eigenvalue weighted by atomic mass is 10.1. The maximum atomic E-state index is 11.9. The Bertz CT molecular complexity index is 471. The molecule has 0 radical (unpaired) electrons. The number of aryl methyl sites for hydroxylation is 1. The second-order valence-corrected chi connectivity index (χ2v) is 5.11. The number of H-pyrrole nitrogens is 1. The quantitative estimate of drug-likeness (QED) is 0.445. The maximum Gasteiger partial charge on any atom is 0.254 e. The molecule has 0 aliphatic heterocycles. The predicted molar refractivity (Wildman–Crippen MR) is 72.7 cm³/mol. The number of carbonyl (C=O) groups is 1. The first-order valence-corrected chi connectivity index (χ1v) is 7.04. The smallest absolute Gasteiger partial charge is 0.254 e. The minimum Gasteiger partial charge on any atom is -0.369 e. The fourth-order valence-electron chi connectivity index (χ4n) is 1.64. The van der Waals surface area contributed by atoms with Crippen molar-refractivity contribution in [3.63, 3.8) is 0 Å². The Balaban J connectivity index is 2.77. The van der Waals surface area contributed by atoms with E-state index in [9.17, 15) is 9.59 Å². The van der Waals surface area contributed by atoms with Crippen LogP contribution in [0, 0.1) is 6.92 Å². The Labute approximate surface area is 111 Å². The first-order chi connectivity index (χ1) is 8.54. The van der Waals surface area contributed by atoms with Gasteiger partial charge in [0.25, 0.3) is 5.56 Å². The second-order valence-electron chi connectivity index (χ2n) is 4.15. The molecule has 1 heterocycles. The van der Waals surface area contributed by atoms with Crippen LogP contribution in [0.15, 0.2) is 9.95 Å². The molecule has 0 aliphatic carbocycles. The van der Waals surface area contributed by atoms with Crippen molar-refractivity contribution in [2.45, 2.75) is 44.7 Å². The van der Waals surface area contributed by atoms with Crippen LogP contribution in [0.5, 0.6) is 0 Å². The monoisotopic (exact) mass is 269 g/mol. The molecule has 3 N–H and O–H groups in total. The molecule has 0 spiro atoms. The maximum absolute atomic E-state index is 11.9. The van der Waals surface area contributed by atoms with Gasteiger partial charge in [-0.3, -0.25) is 9.59 Å². The summed E-state index contributed by atoms with van der Waals surface area (Å²) in [6, 6.07) is 0. The molecule has 1 aromatic heterocycles. The van der Waals surface area contributed by atoms with Crippen molar-refractivity contribution in [1.29, 1.82) is 0 Å². The van der Waals surface area contributed by atoms with E-state index in [0.717, 1.165) is 48.7 Å². The third kappa shape index (κ3) is 4.52. The molecule has 6 heteroatoms. The Morgan fingerprint density at radius 2 is 2.17 bits per heavy atom. The highest BCUT2D eigenvalue weighted by Crippen LogP contribution is 2.13. The van der Waals surface area contributed by atoms with Crippen LogP contribution in [0.1, 0.15) is 37.4 Å². The third-order valence-corrected chi connectivity index (χ3v) is 3.48. The van der Waals surface area contributed by atoms with Crippen molar-refractivity contribution >= 4 is 17.7 Å². The molecular formula is C12H19N3O2S. The van der Waals surface area contributed by atoms with Crippen LogP contribution >= 0.6 is 11.8 Å². The topological polar surface area (TPSA) is 88.8 Å². The van der Waals surface area contributed by atoms with Gasteiger partial charge in [-0.2, -0.15) is 0 Å². The SMILES string of the molecule is CCCCCc1c(C)nc(SCC(N)=O)[nH]c1=O. The molecule has 5 nitrogen and oxygen atoms in total. The van der Waals surface area contributed by atoms with E-state index in [1.807, 2.05) is 6.92 Å². The van der Waals surface area contributed by atoms with Crippen molar-refractivity contribution in [2.75, 3.05) is 5.75 Å². The van der Waals surface area contributed by atoms with Gasteiger partial charge in [0, 0.05) is 11.3 Å². The van der Waals surface area contributed by atoms with E-state index < -0.39 is 5.91 Å². The minimum atomic E-state index is -0.424. The van der Waals surface area contributed by atoms with Crippen LogP contribution in [-0.2, 0) is 11.2 Å². The summed E-state index contributed by atoms with van der Waals surface area (Å²) in [5, 5.41) is 0.454. The average Bonchev–Trinajstić information content (AvgIpc) is 2.30. The Hall–Kier alpha value is -1.30. The van der Waals surface area contributed by atoms with Crippen molar-refractivity contribution in [2.24, 2.45) is 5.73 Å². The summed E-state index contributed by atoms with van der Waals surface area (Å²) >= 11 is 1.15. The molecule has 0 aromatic carbocycles. The van der Waals surface area contributed by atoms with E-state index in [1.165, 1.54) is 0 Å². The molecule has 0 bridgehead atoms. The number of primary amides is 1. The molecule has 1 amide bonds. The molecule has 100 valence electrons. The number of nitrogens with one attached hydrogen (secondary N) is 1. The summed E-state index contributed by atoms with van der Waals surface area (Å²) in [5.41, 5.74) is 6.42. The predicted octanol–water partition coefficient (Wildman–Crippen LogP) is 1.39. The van der Waals surface area contributed by atoms with Crippen LogP contribution in [0.4, 0.5) is 0 Å². The van der Waals surface area contributed by atoms with E-state index in [4.69, 9.17) is 5.73 Å². The number of hydrogen-bond donors (Lipinski definition) is 2. The second kappa shape index (κ2) is 7.20. The molecule has 0 saturated carbocycles. The van der Waals surface area contributed by atoms with Crippen molar-refractivity contribution < 1.29 is 4.79 Å². The fraction of sp³-hybridized carbons (Fsp3) is 0.583. The van der Waals surface area contributed by atoms with E-state index in [0.29, 0.717) is 5.16 Å². The van der Waals surface area contributed by atoms with Gasteiger partial charge in [-0.15, -0.1) is 0 Å². The minimum absolute atomic E-state index is 0.106. The zero-order valence-electron chi connectivity index (χ0n) is 10.8. The van der Waals surface area contributed by atoms with Crippen LogP contribution in [0.25, 0.3) is 0 Å². The number of nitrogens with two attached hydrogens (primary N) is 1. The van der Waals surface area contributed by atoms with E-state index in [-0.39, 0.29) is 11.3 Å². The third-order valence-electron chi connectivity index (χ3n) is 2.58. The largest absolute Gasteiger partial charge is 0.369 e. The van der Waals surface area contributed by atoms with Crippen molar-refractivity contribution in [1.82, 2.24) is 9.97 Å². The van der Waals surface area contributed by atoms with Gasteiger partial charge in [0.05, 0.1) is 5.75 Å². The van der Waals surface area contributed by atoms with E-state index >= 15 is 0 Å². The molecule has 1 aromatic rings. The van der Waals surface area contributed by atoms with E-state index in [1.54, 1.807) is 0 Å². The number of thioether (sulfide) groups is 1. The van der Waals surface area contributed by atoms with Gasteiger partial charge < -0.3 is 10.7 Å². The Morgan fingerprint density at radius 1 is 1.44 bits per heavy atom. The fourth-order valence-corrected chi connectivity index (χ4v) is 2.28. The van der Waals surface area contributed by atoms with Crippen molar-refractivity contribution in [3.05, 3.63) is 21.6 Å². The van der Waals surface area contributed by atoms with Crippen LogP contribution in [0.2, 0.25) is 0 Å².